The van der Waals surface area contributed by atoms with E-state index in [9.17, 15) is 0 Å². The van der Waals surface area contributed by atoms with Crippen LogP contribution in [0, 0.1) is 35.0 Å². The van der Waals surface area contributed by atoms with Crippen LogP contribution < -0.4 is 26.2 Å². The molecule has 47 heavy (non-hydrogen) atoms. The van der Waals surface area contributed by atoms with Gasteiger partial charge in [0, 0.05) is 31.1 Å². The van der Waals surface area contributed by atoms with Gasteiger partial charge in [0.2, 0.25) is 0 Å². The summed E-state index contributed by atoms with van der Waals surface area (Å²) in [5.74, 6) is 4.03. The second kappa shape index (κ2) is 28.1. The summed E-state index contributed by atoms with van der Waals surface area (Å²) in [6.07, 6.45) is 12.0. The van der Waals surface area contributed by atoms with E-state index in [1.807, 2.05) is 23.7 Å². The van der Waals surface area contributed by atoms with Gasteiger partial charge in [0.1, 0.15) is 10.2 Å². The third-order valence-electron chi connectivity index (χ3n) is 10.0. The van der Waals surface area contributed by atoms with Crippen LogP contribution in [0.2, 0.25) is 0 Å². The number of piperidine rings is 1. The molecule has 0 radical (unpaired) electrons. The number of likely N-dealkylation sites (tertiary alicyclic amines) is 1. The Morgan fingerprint density at radius 1 is 0.894 bits per heavy atom. The van der Waals surface area contributed by atoms with Crippen molar-refractivity contribution in [2.75, 3.05) is 39.3 Å². The third kappa shape index (κ3) is 18.0. The molecule has 16 heteroatoms. The first kappa shape index (κ1) is 56.8. The molecule has 2 aliphatic heterocycles. The fourth-order valence-electron chi connectivity index (χ4n) is 7.79. The van der Waals surface area contributed by atoms with Crippen molar-refractivity contribution >= 4 is 35.3 Å². The molecule has 0 aromatic heterocycles. The largest absolute Gasteiger partial charge is 0.412 e. The molecule has 292 valence electrons. The Kier molecular flexibility index (Phi) is 34.0. The third-order valence-corrected chi connectivity index (χ3v) is 12.7. The normalized spacial score (nSPS) is 30.6. The van der Waals surface area contributed by atoms with Crippen LogP contribution in [0.5, 0.6) is 0 Å². The van der Waals surface area contributed by atoms with Gasteiger partial charge in [0.15, 0.2) is 0 Å². The maximum absolute atomic E-state index is 6.43. The molecule has 6 atom stereocenters. The van der Waals surface area contributed by atoms with Crippen molar-refractivity contribution in [3.63, 3.8) is 0 Å². The van der Waals surface area contributed by atoms with Crippen LogP contribution in [0.3, 0.4) is 0 Å². The SMILES string of the molecule is C.CCNC1NNC(SNCC2CCCC(CN[C@@H](CN3CC[C@H](C4CCC(Cl)CC4)C(C)(C)C3)C(C)C)C2)S1.O.O.O.O.O.O.O. The molecule has 0 bridgehead atoms. The smallest absolute Gasteiger partial charge is 0.130 e. The van der Waals surface area contributed by atoms with E-state index in [0.29, 0.717) is 33.0 Å². The van der Waals surface area contributed by atoms with E-state index in [0.717, 1.165) is 36.8 Å². The highest BCUT2D eigenvalue weighted by atomic mass is 35.5. The second-order valence-electron chi connectivity index (χ2n) is 13.9. The first-order chi connectivity index (χ1) is 18.7. The number of alkyl halides is 1. The quantitative estimate of drug-likeness (QED) is 0.132. The summed E-state index contributed by atoms with van der Waals surface area (Å²) in [5.41, 5.74) is 7.40. The van der Waals surface area contributed by atoms with Gasteiger partial charge in [-0.1, -0.05) is 72.2 Å². The van der Waals surface area contributed by atoms with Crippen LogP contribution in [-0.4, -0.2) is 104 Å². The number of rotatable bonds is 13. The van der Waals surface area contributed by atoms with E-state index in [1.165, 1.54) is 84.0 Å². The van der Waals surface area contributed by atoms with Gasteiger partial charge in [-0.3, -0.25) is 10.0 Å². The zero-order valence-corrected chi connectivity index (χ0v) is 31.3. The number of nitrogens with one attached hydrogen (secondary N) is 5. The zero-order valence-electron chi connectivity index (χ0n) is 28.9. The number of hydrogen-bond donors (Lipinski definition) is 5. The molecule has 0 aromatic carbocycles. The molecule has 0 spiro atoms. The minimum Gasteiger partial charge on any atom is -0.412 e. The molecule has 2 saturated carbocycles. The van der Waals surface area contributed by atoms with Crippen LogP contribution in [0.4, 0.5) is 0 Å². The molecule has 2 aliphatic carbocycles. The Hall–Kier alpha value is 0.470. The summed E-state index contributed by atoms with van der Waals surface area (Å²) < 4.78 is 4.05. The van der Waals surface area contributed by atoms with E-state index in [2.05, 4.69) is 65.7 Å². The first-order valence-electron chi connectivity index (χ1n) is 16.1. The first-order valence-corrected chi connectivity index (χ1v) is 18.4. The lowest BCUT2D eigenvalue weighted by Crippen LogP contribution is -2.53. The zero-order chi connectivity index (χ0) is 27.8. The van der Waals surface area contributed by atoms with Crippen molar-refractivity contribution in [2.24, 2.45) is 35.0 Å². The van der Waals surface area contributed by atoms with Crippen LogP contribution in [0.25, 0.3) is 0 Å². The van der Waals surface area contributed by atoms with Crippen molar-refractivity contribution < 1.29 is 38.3 Å². The number of hydrazine groups is 1. The van der Waals surface area contributed by atoms with Crippen molar-refractivity contribution in [3.05, 3.63) is 0 Å². The summed E-state index contributed by atoms with van der Waals surface area (Å²) in [7, 11) is 0. The molecule has 4 unspecified atom stereocenters. The molecular weight excluding hydrogens is 668 g/mol. The maximum atomic E-state index is 6.43. The highest BCUT2D eigenvalue weighted by Crippen LogP contribution is 2.45. The second-order valence-corrected chi connectivity index (χ2v) is 17.1. The number of hydrogen-bond acceptors (Lipinski definition) is 8. The molecule has 4 rings (SSSR count). The molecule has 19 N–H and O–H groups in total. The molecule has 2 saturated heterocycles. The lowest BCUT2D eigenvalue weighted by molar-refractivity contribution is 0.00453. The van der Waals surface area contributed by atoms with E-state index in [4.69, 9.17) is 11.6 Å². The van der Waals surface area contributed by atoms with Crippen molar-refractivity contribution in [2.45, 2.75) is 121 Å². The number of nitrogens with zero attached hydrogens (tertiary/aromatic N) is 1. The Balaban J connectivity index is -0.000000735. The van der Waals surface area contributed by atoms with Crippen LogP contribution >= 0.6 is 35.3 Å². The lowest BCUT2D eigenvalue weighted by Gasteiger charge is -2.49. The van der Waals surface area contributed by atoms with Gasteiger partial charge < -0.3 is 48.6 Å². The maximum Gasteiger partial charge on any atom is 0.130 e. The van der Waals surface area contributed by atoms with Gasteiger partial charge in [-0.05, 0) is 106 Å². The fraction of sp³-hybridized carbons (Fsp3) is 1.00. The van der Waals surface area contributed by atoms with Crippen molar-refractivity contribution in [3.8, 4) is 0 Å². The van der Waals surface area contributed by atoms with Crippen LogP contribution in [0.15, 0.2) is 0 Å². The van der Waals surface area contributed by atoms with E-state index in [-0.39, 0.29) is 45.8 Å². The van der Waals surface area contributed by atoms with Gasteiger partial charge in [-0.25, -0.2) is 10.9 Å². The predicted molar refractivity (Wildman–Crippen MR) is 205 cm³/mol. The highest BCUT2D eigenvalue weighted by molar-refractivity contribution is 8.16. The molecule has 13 nitrogen and oxygen atoms in total. The topological polar surface area (TPSA) is 284 Å². The average molecular weight is 746 g/mol. The summed E-state index contributed by atoms with van der Waals surface area (Å²) in [6.45, 7) is 19.1. The number of thioether (sulfide) groups is 1. The average Bonchev–Trinajstić information content (AvgIpc) is 3.34. The van der Waals surface area contributed by atoms with Crippen molar-refractivity contribution in [1.29, 1.82) is 0 Å². The van der Waals surface area contributed by atoms with Gasteiger partial charge in [-0.15, -0.1) is 11.6 Å². The molecule has 2 heterocycles. The fourth-order valence-corrected chi connectivity index (χ4v) is 10.2. The Labute approximate surface area is 299 Å². The van der Waals surface area contributed by atoms with Gasteiger partial charge in [-0.2, -0.15) is 0 Å². The molecule has 0 amide bonds. The Morgan fingerprint density at radius 3 is 2.09 bits per heavy atom. The Morgan fingerprint density at radius 2 is 1.51 bits per heavy atom. The summed E-state index contributed by atoms with van der Waals surface area (Å²) in [4.78, 5) is 2.79. The van der Waals surface area contributed by atoms with E-state index >= 15 is 0 Å². The monoisotopic (exact) mass is 744 g/mol. The standard InChI is InChI=1S/C30H59ClN6S2.CH4.7H2O/c1-6-32-28-35-36-29(38-28)39-34-18-23-9-7-8-22(16-23)17-33-27(21(2)3)19-37-15-14-26(30(4,5)20-37)24-10-12-25(31)13-11-24;;;;;;;;/h21-29,32-36H,6-20H2,1-5H3;1H4;7*1H2/t22?,23?,24?,25?,26-,27+,28?,29?;;;;;;;;/m1......../s1. The summed E-state index contributed by atoms with van der Waals surface area (Å²) in [6, 6.07) is 0.584. The Bertz CT molecular complexity index is 736. The number of halogens is 1. The summed E-state index contributed by atoms with van der Waals surface area (Å²) in [5, 5.41) is 7.93. The van der Waals surface area contributed by atoms with Gasteiger partial charge >= 0.3 is 0 Å². The molecule has 0 aromatic rings. The molecule has 4 fully saturated rings. The summed E-state index contributed by atoms with van der Waals surface area (Å²) >= 11 is 10.2. The predicted octanol–water partition coefficient (Wildman–Crippen LogP) is 0.671. The van der Waals surface area contributed by atoms with Crippen LogP contribution in [0.1, 0.15) is 99.8 Å². The minimum absolute atomic E-state index is 0. The highest BCUT2D eigenvalue weighted by Gasteiger charge is 2.41. The van der Waals surface area contributed by atoms with Crippen LogP contribution in [-0.2, 0) is 0 Å². The van der Waals surface area contributed by atoms with Gasteiger partial charge in [0.05, 0.1) is 0 Å². The van der Waals surface area contributed by atoms with E-state index in [1.54, 1.807) is 0 Å². The molecular formula is C31H77ClN6O7S2. The lowest BCUT2D eigenvalue weighted by atomic mass is 9.64. The minimum atomic E-state index is 0. The van der Waals surface area contributed by atoms with Gasteiger partial charge in [0.25, 0.3) is 0 Å². The molecule has 4 aliphatic rings. The van der Waals surface area contributed by atoms with Crippen molar-refractivity contribution in [1.82, 2.24) is 31.1 Å². The van der Waals surface area contributed by atoms with E-state index < -0.39 is 0 Å².